The number of benzene rings is 1. The molecule has 0 radical (unpaired) electrons. The molecule has 18 heteroatoms. The number of hydrogen-bond donors (Lipinski definition) is 4. The standard InChI is InChI=1S/C40H59N7O10S/c1-39(2,3)57-38(52)41-31-17-11-6-4-5-10-16-29-25-40(29,36(50)44-58(53,54)46-18-12-13-19-46)43-34(48)33-24-30(26-47(33)35(31)49)56-37(51)42-32(28-14-8-7-9-15-28)27-45-20-22-55-23-21-45/h7-10,14-16,29-33H,4-6,11-13,17-27H2,1-3H3,(H,41,52)(H,42,51)(H,43,48)(H,44,50)/b16-10-. The van der Waals surface area contributed by atoms with Gasteiger partial charge in [-0.05, 0) is 64.9 Å². The summed E-state index contributed by atoms with van der Waals surface area (Å²) in [4.78, 5) is 73.0. The first-order valence-corrected chi connectivity index (χ1v) is 22.0. The zero-order valence-corrected chi connectivity index (χ0v) is 34.6. The summed E-state index contributed by atoms with van der Waals surface area (Å²) in [5.74, 6) is -2.61. The summed E-state index contributed by atoms with van der Waals surface area (Å²) in [6, 6.07) is 6.78. The third-order valence-electron chi connectivity index (χ3n) is 11.3. The van der Waals surface area contributed by atoms with Crippen LogP contribution in [0.4, 0.5) is 9.59 Å². The highest BCUT2D eigenvalue weighted by molar-refractivity contribution is 7.87. The molecule has 6 unspecified atom stereocenters. The number of nitrogens with zero attached hydrogens (tertiary/aromatic N) is 3. The van der Waals surface area contributed by atoms with Gasteiger partial charge in [-0.1, -0.05) is 55.3 Å². The van der Waals surface area contributed by atoms with Gasteiger partial charge in [-0.3, -0.25) is 19.3 Å². The van der Waals surface area contributed by atoms with Crippen molar-refractivity contribution in [3.8, 4) is 0 Å². The number of allylic oxidation sites excluding steroid dienone is 1. The van der Waals surface area contributed by atoms with Crippen molar-refractivity contribution < 1.29 is 46.6 Å². The molecule has 5 amide bonds. The van der Waals surface area contributed by atoms with Crippen LogP contribution in [0.25, 0.3) is 0 Å². The molecule has 4 aliphatic heterocycles. The highest BCUT2D eigenvalue weighted by atomic mass is 32.2. The minimum absolute atomic E-state index is 0.103. The SMILES string of the molecule is CC(C)(C)OC(=O)NC1CCCCC/C=C\C2CC2(C(=O)NS(=O)(=O)N2CCCC2)NC(=O)C2CC(OC(=O)NC(CN3CCOCC3)c3ccccc3)CN2C1=O. The molecule has 4 fully saturated rings. The second kappa shape index (κ2) is 18.8. The Balaban J connectivity index is 1.24. The fraction of sp³-hybridized carbons (Fsp3) is 0.675. The van der Waals surface area contributed by atoms with Gasteiger partial charge in [-0.15, -0.1) is 0 Å². The number of rotatable bonds is 9. The molecule has 1 saturated carbocycles. The smallest absolute Gasteiger partial charge is 0.408 e. The van der Waals surface area contributed by atoms with E-state index in [1.54, 1.807) is 20.8 Å². The topological polar surface area (TPSA) is 205 Å². The van der Waals surface area contributed by atoms with Crippen LogP contribution >= 0.6 is 0 Å². The maximum Gasteiger partial charge on any atom is 0.408 e. The second-order valence-corrected chi connectivity index (χ2v) is 18.5. The first kappa shape index (κ1) is 43.3. The van der Waals surface area contributed by atoms with E-state index in [9.17, 15) is 32.4 Å². The van der Waals surface area contributed by atoms with E-state index in [2.05, 4.69) is 25.6 Å². The molecule has 6 atom stereocenters. The van der Waals surface area contributed by atoms with Crippen LogP contribution < -0.4 is 20.7 Å². The number of alkyl carbamates (subject to hydrolysis) is 2. The molecular formula is C40H59N7O10S. The quantitative estimate of drug-likeness (QED) is 0.266. The van der Waals surface area contributed by atoms with Crippen molar-refractivity contribution in [2.24, 2.45) is 5.92 Å². The molecule has 0 bridgehead atoms. The van der Waals surface area contributed by atoms with E-state index in [0.717, 1.165) is 18.4 Å². The van der Waals surface area contributed by atoms with Crippen molar-refractivity contribution in [1.82, 2.24) is 34.8 Å². The zero-order valence-electron chi connectivity index (χ0n) is 33.8. The molecule has 17 nitrogen and oxygen atoms in total. The zero-order chi connectivity index (χ0) is 41.5. The lowest BCUT2D eigenvalue weighted by Crippen LogP contribution is -2.59. The molecule has 1 aliphatic carbocycles. The van der Waals surface area contributed by atoms with Gasteiger partial charge in [0.05, 0.1) is 25.8 Å². The van der Waals surface area contributed by atoms with Gasteiger partial charge in [0, 0.05) is 45.1 Å². The number of hydrogen-bond acceptors (Lipinski definition) is 11. The molecule has 1 aromatic carbocycles. The average Bonchev–Trinajstić information content (AvgIpc) is 3.47. The number of morpholine rings is 1. The van der Waals surface area contributed by atoms with E-state index in [1.807, 2.05) is 42.5 Å². The molecule has 4 N–H and O–H groups in total. The minimum Gasteiger partial charge on any atom is -0.444 e. The van der Waals surface area contributed by atoms with Crippen LogP contribution in [-0.4, -0.2) is 134 Å². The summed E-state index contributed by atoms with van der Waals surface area (Å²) in [5.41, 5.74) is -1.54. The largest absolute Gasteiger partial charge is 0.444 e. The predicted octanol–water partition coefficient (Wildman–Crippen LogP) is 2.50. The molecule has 0 aromatic heterocycles. The lowest BCUT2D eigenvalue weighted by atomic mass is 10.0. The summed E-state index contributed by atoms with van der Waals surface area (Å²) in [6.07, 6.45) is 5.73. The van der Waals surface area contributed by atoms with Gasteiger partial charge in [-0.2, -0.15) is 12.7 Å². The Morgan fingerprint density at radius 2 is 1.71 bits per heavy atom. The van der Waals surface area contributed by atoms with Crippen molar-refractivity contribution >= 4 is 40.1 Å². The lowest BCUT2D eigenvalue weighted by molar-refractivity contribution is -0.141. The Bertz CT molecular complexity index is 1780. The summed E-state index contributed by atoms with van der Waals surface area (Å²) in [6.45, 7) is 8.63. The fourth-order valence-corrected chi connectivity index (χ4v) is 9.39. The molecule has 6 rings (SSSR count). The molecular weight excluding hydrogens is 771 g/mol. The monoisotopic (exact) mass is 829 g/mol. The van der Waals surface area contributed by atoms with E-state index in [1.165, 1.54) is 9.21 Å². The van der Waals surface area contributed by atoms with Gasteiger partial charge < -0.3 is 35.1 Å². The van der Waals surface area contributed by atoms with Gasteiger partial charge in [0.1, 0.15) is 29.3 Å². The van der Waals surface area contributed by atoms with Crippen LogP contribution in [0.1, 0.15) is 90.2 Å². The van der Waals surface area contributed by atoms with Crippen molar-refractivity contribution in [2.75, 3.05) is 52.5 Å². The molecule has 58 heavy (non-hydrogen) atoms. The van der Waals surface area contributed by atoms with E-state index in [4.69, 9.17) is 14.2 Å². The average molecular weight is 830 g/mol. The third-order valence-corrected chi connectivity index (χ3v) is 12.8. The van der Waals surface area contributed by atoms with Crippen molar-refractivity contribution in [1.29, 1.82) is 0 Å². The van der Waals surface area contributed by atoms with Crippen LogP contribution in [-0.2, 0) is 38.8 Å². The predicted molar refractivity (Wildman–Crippen MR) is 212 cm³/mol. The van der Waals surface area contributed by atoms with Crippen LogP contribution in [0.3, 0.4) is 0 Å². The molecule has 4 heterocycles. The summed E-state index contributed by atoms with van der Waals surface area (Å²) >= 11 is 0. The summed E-state index contributed by atoms with van der Waals surface area (Å²) in [7, 11) is -4.16. The number of amides is 5. The number of carbonyl (C=O) groups excluding carboxylic acids is 5. The number of carbonyl (C=O) groups is 5. The highest BCUT2D eigenvalue weighted by Gasteiger charge is 2.62. The van der Waals surface area contributed by atoms with Crippen molar-refractivity contribution in [3.63, 3.8) is 0 Å². The Morgan fingerprint density at radius 3 is 2.41 bits per heavy atom. The molecule has 0 spiro atoms. The van der Waals surface area contributed by atoms with Gasteiger partial charge >= 0.3 is 22.4 Å². The maximum atomic E-state index is 14.5. The molecule has 1 aromatic rings. The van der Waals surface area contributed by atoms with Crippen molar-refractivity contribution in [2.45, 2.75) is 114 Å². The molecule has 3 saturated heterocycles. The van der Waals surface area contributed by atoms with Crippen LogP contribution in [0, 0.1) is 5.92 Å². The summed E-state index contributed by atoms with van der Waals surface area (Å²) < 4.78 is 46.8. The Kier molecular flexibility index (Phi) is 14.0. The van der Waals surface area contributed by atoms with Gasteiger partial charge in [0.25, 0.3) is 5.91 Å². The fourth-order valence-electron chi connectivity index (χ4n) is 8.11. The third kappa shape index (κ3) is 11.3. The number of nitrogens with one attached hydrogen (secondary N) is 4. The Labute approximate surface area is 341 Å². The van der Waals surface area contributed by atoms with E-state index < -0.39 is 81.4 Å². The number of fused-ring (bicyclic) bond motifs is 2. The highest BCUT2D eigenvalue weighted by Crippen LogP contribution is 2.46. The maximum absolute atomic E-state index is 14.5. The Hall–Kier alpha value is -4.26. The van der Waals surface area contributed by atoms with Crippen LogP contribution in [0.5, 0.6) is 0 Å². The molecule has 5 aliphatic rings. The first-order chi connectivity index (χ1) is 27.6. The van der Waals surface area contributed by atoms with E-state index >= 15 is 0 Å². The van der Waals surface area contributed by atoms with Crippen molar-refractivity contribution in [3.05, 3.63) is 48.0 Å². The Morgan fingerprint density at radius 1 is 0.983 bits per heavy atom. The van der Waals surface area contributed by atoms with E-state index in [0.29, 0.717) is 58.5 Å². The van der Waals surface area contributed by atoms with Crippen LogP contribution in [0.15, 0.2) is 42.5 Å². The van der Waals surface area contributed by atoms with Gasteiger partial charge in [-0.25, -0.2) is 14.3 Å². The lowest BCUT2D eigenvalue weighted by Gasteiger charge is -2.31. The van der Waals surface area contributed by atoms with Gasteiger partial charge in [0.2, 0.25) is 11.8 Å². The second-order valence-electron chi connectivity index (χ2n) is 16.9. The minimum atomic E-state index is -4.16. The summed E-state index contributed by atoms with van der Waals surface area (Å²) in [5, 5.41) is 8.54. The van der Waals surface area contributed by atoms with Gasteiger partial charge in [0.15, 0.2) is 0 Å². The van der Waals surface area contributed by atoms with E-state index in [-0.39, 0.29) is 38.9 Å². The van der Waals surface area contributed by atoms with Crippen LogP contribution in [0.2, 0.25) is 0 Å². The molecule has 320 valence electrons. The first-order valence-electron chi connectivity index (χ1n) is 20.6. The number of ether oxygens (including phenoxy) is 3. The normalized spacial score (nSPS) is 28.7.